The zero-order chi connectivity index (χ0) is 29.8. The minimum absolute atomic E-state index is 0. The van der Waals surface area contributed by atoms with E-state index >= 15 is 0 Å². The molecule has 0 heterocycles. The summed E-state index contributed by atoms with van der Waals surface area (Å²) in [5.74, 6) is -29.5. The van der Waals surface area contributed by atoms with E-state index in [2.05, 4.69) is 0 Å². The maximum atomic E-state index is 12.1. The van der Waals surface area contributed by atoms with E-state index in [1.807, 2.05) is 0 Å². The molecule has 0 aliphatic heterocycles. The molecule has 216 valence electrons. The number of aliphatic carboxylic acids is 6. The Morgan fingerprint density at radius 2 is 0.579 bits per heavy atom. The Labute approximate surface area is 225 Å². The average molecular weight is 656 g/mol. The zero-order valence-corrected chi connectivity index (χ0v) is 20.0. The number of carbonyl (C=O) groups excluding carboxylic acids is 6. The van der Waals surface area contributed by atoms with Crippen LogP contribution in [0, 0.1) is 0 Å². The third kappa shape index (κ3) is 16.9. The molecule has 0 amide bonds. The second-order valence-corrected chi connectivity index (χ2v) is 5.86. The topological polar surface area (TPSA) is 241 Å². The van der Waals surface area contributed by atoms with Gasteiger partial charge in [-0.15, -0.1) is 0 Å². The molecule has 0 N–H and O–H groups in total. The van der Waals surface area contributed by atoms with E-state index in [1.54, 1.807) is 0 Å². The van der Waals surface area contributed by atoms with Crippen LogP contribution in [0.1, 0.15) is 19.3 Å². The average Bonchev–Trinajstić information content (AvgIpc) is 2.66. The number of alkyl halides is 9. The number of halogens is 9. The molecular weight excluding hydrogens is 647 g/mol. The summed E-state index contributed by atoms with van der Waals surface area (Å²) >= 11 is 0. The van der Waals surface area contributed by atoms with Crippen molar-refractivity contribution in [3.05, 3.63) is 0 Å². The van der Waals surface area contributed by atoms with Crippen LogP contribution in [0.4, 0.5) is 39.5 Å². The van der Waals surface area contributed by atoms with Gasteiger partial charge in [0.25, 0.3) is 0 Å². The van der Waals surface area contributed by atoms with Gasteiger partial charge in [0.05, 0.1) is 0 Å². The molecule has 0 rings (SSSR count). The van der Waals surface area contributed by atoms with Crippen molar-refractivity contribution in [1.82, 2.24) is 0 Å². The van der Waals surface area contributed by atoms with Gasteiger partial charge in [0.15, 0.2) is 18.5 Å². The molecule has 38 heavy (non-hydrogen) atoms. The molecule has 3 unspecified atom stereocenters. The first-order valence-electron chi connectivity index (χ1n) is 8.14. The SMILES string of the molecule is O=C([O-])CC(F)C(F)(F)C(=O)[O-].O=C([O-])CC(F)C(F)(F)C(=O)[O-].O=C([O-])CC(F)C(F)(F)C(=O)[O-].[Cr+3].[Cr+3]. The second kappa shape index (κ2) is 18.5. The van der Waals surface area contributed by atoms with Crippen molar-refractivity contribution in [2.75, 3.05) is 0 Å². The molecule has 0 aliphatic carbocycles. The minimum atomic E-state index is -4.79. The molecule has 0 aliphatic rings. The molecular formula is C15H9Cr2F9O12. The van der Waals surface area contributed by atoms with Gasteiger partial charge in [0, 0.05) is 37.2 Å². The smallest absolute Gasteiger partial charge is 0.550 e. The summed E-state index contributed by atoms with van der Waals surface area (Å²) in [5.41, 5.74) is 0. The molecule has 2 radical (unpaired) electrons. The molecule has 0 aromatic rings. The minimum Gasteiger partial charge on any atom is -0.550 e. The molecule has 0 fully saturated rings. The van der Waals surface area contributed by atoms with Crippen LogP contribution in [0.25, 0.3) is 0 Å². The van der Waals surface area contributed by atoms with Crippen LogP contribution in [0.5, 0.6) is 0 Å². The molecule has 3 atom stereocenters. The van der Waals surface area contributed by atoms with Gasteiger partial charge < -0.3 is 59.4 Å². The maximum absolute atomic E-state index is 12.1. The first-order valence-corrected chi connectivity index (χ1v) is 8.14. The van der Waals surface area contributed by atoms with Gasteiger partial charge in [-0.25, -0.2) is 13.2 Å². The summed E-state index contributed by atoms with van der Waals surface area (Å²) in [6, 6.07) is 0. The summed E-state index contributed by atoms with van der Waals surface area (Å²) in [6.45, 7) is 0. The summed E-state index contributed by atoms with van der Waals surface area (Å²) in [5, 5.41) is 57.3. The van der Waals surface area contributed by atoms with Crippen molar-refractivity contribution in [3.63, 3.8) is 0 Å². The standard InChI is InChI=1S/3C5H5F3O4.2Cr/c3*6-2(1-3(9)10)5(7,8)4(11)12;;/h3*2H,1H2,(H,9,10)(H,11,12);;/q;;;2*+3/p-6. The van der Waals surface area contributed by atoms with Gasteiger partial charge in [0.1, 0.15) is 17.9 Å². The summed E-state index contributed by atoms with van der Waals surface area (Å²) in [4.78, 5) is 57.3. The van der Waals surface area contributed by atoms with E-state index in [9.17, 15) is 98.9 Å². The summed E-state index contributed by atoms with van der Waals surface area (Å²) < 4.78 is 108. The van der Waals surface area contributed by atoms with Crippen LogP contribution in [-0.2, 0) is 63.5 Å². The van der Waals surface area contributed by atoms with Crippen LogP contribution in [-0.4, -0.2) is 72.1 Å². The molecule has 12 nitrogen and oxygen atoms in total. The fourth-order valence-corrected chi connectivity index (χ4v) is 1.21. The van der Waals surface area contributed by atoms with Crippen molar-refractivity contribution in [1.29, 1.82) is 0 Å². The van der Waals surface area contributed by atoms with Gasteiger partial charge in [-0.2, -0.15) is 26.3 Å². The Bertz CT molecular complexity index is 725. The van der Waals surface area contributed by atoms with Crippen molar-refractivity contribution in [2.45, 2.75) is 55.5 Å². The van der Waals surface area contributed by atoms with E-state index in [-0.39, 0.29) is 34.7 Å². The van der Waals surface area contributed by atoms with Crippen LogP contribution in [0.15, 0.2) is 0 Å². The van der Waals surface area contributed by atoms with Crippen LogP contribution in [0.3, 0.4) is 0 Å². The number of carboxylic acids is 6. The van der Waals surface area contributed by atoms with Crippen molar-refractivity contribution < 1.29 is 134 Å². The maximum Gasteiger partial charge on any atom is 3.00 e. The van der Waals surface area contributed by atoms with Crippen molar-refractivity contribution >= 4 is 35.8 Å². The first kappa shape index (κ1) is 45.2. The molecule has 23 heteroatoms. The zero-order valence-electron chi connectivity index (χ0n) is 17.5. The van der Waals surface area contributed by atoms with Crippen LogP contribution >= 0.6 is 0 Å². The third-order valence-electron chi connectivity index (χ3n) is 3.03. The van der Waals surface area contributed by atoms with Gasteiger partial charge in [-0.3, -0.25) is 0 Å². The quantitative estimate of drug-likeness (QED) is 0.178. The van der Waals surface area contributed by atoms with E-state index in [0.29, 0.717) is 0 Å². The van der Waals surface area contributed by atoms with Crippen LogP contribution in [0.2, 0.25) is 0 Å². The second-order valence-electron chi connectivity index (χ2n) is 5.86. The van der Waals surface area contributed by atoms with Crippen LogP contribution < -0.4 is 30.6 Å². The first-order chi connectivity index (χ1) is 15.8. The molecule has 0 bridgehead atoms. The van der Waals surface area contributed by atoms with Gasteiger partial charge >= 0.3 is 52.5 Å². The predicted molar refractivity (Wildman–Crippen MR) is 73.4 cm³/mol. The normalized spacial score (nSPS) is 13.2. The van der Waals surface area contributed by atoms with E-state index < -0.39 is 91.4 Å². The fourth-order valence-electron chi connectivity index (χ4n) is 1.21. The van der Waals surface area contributed by atoms with E-state index in [0.717, 1.165) is 0 Å². The summed E-state index contributed by atoms with van der Waals surface area (Å²) in [7, 11) is 0. The molecule has 0 aromatic heterocycles. The molecule has 0 saturated carbocycles. The van der Waals surface area contributed by atoms with Gasteiger partial charge in [-0.1, -0.05) is 0 Å². The molecule has 0 spiro atoms. The predicted octanol–water partition coefficient (Wildman–Crippen LogP) is -6.46. The Kier molecular flexibility index (Phi) is 22.0. The number of carbonyl (C=O) groups is 6. The number of rotatable bonds is 12. The number of carboxylic acid groups (broad SMARTS) is 6. The van der Waals surface area contributed by atoms with E-state index in [4.69, 9.17) is 0 Å². The Morgan fingerprint density at radius 3 is 0.658 bits per heavy atom. The fraction of sp³-hybridized carbons (Fsp3) is 0.600. The van der Waals surface area contributed by atoms with E-state index in [1.165, 1.54) is 0 Å². The Hall–Kier alpha value is -2.75. The number of hydrogen-bond donors (Lipinski definition) is 0. The third-order valence-corrected chi connectivity index (χ3v) is 3.03. The van der Waals surface area contributed by atoms with Gasteiger partial charge in [0.2, 0.25) is 0 Å². The monoisotopic (exact) mass is 656 g/mol. The van der Waals surface area contributed by atoms with Crippen molar-refractivity contribution in [3.8, 4) is 0 Å². The van der Waals surface area contributed by atoms with Crippen molar-refractivity contribution in [2.24, 2.45) is 0 Å². The molecule has 0 saturated heterocycles. The van der Waals surface area contributed by atoms with Gasteiger partial charge in [-0.05, 0) is 0 Å². The largest absolute Gasteiger partial charge is 3.00 e. The Morgan fingerprint density at radius 1 is 0.447 bits per heavy atom. The molecule has 0 aromatic carbocycles. The Balaban J connectivity index is -0.000000140. The number of hydrogen-bond acceptors (Lipinski definition) is 12. The summed E-state index contributed by atoms with van der Waals surface area (Å²) in [6.07, 6.45) is -15.0.